The van der Waals surface area contributed by atoms with Gasteiger partial charge in [0.25, 0.3) is 0 Å². The second-order valence-electron chi connectivity index (χ2n) is 6.70. The van der Waals surface area contributed by atoms with Crippen LogP contribution < -0.4 is 4.74 Å². The predicted molar refractivity (Wildman–Crippen MR) is 103 cm³/mol. The molecule has 3 heterocycles. The second-order valence-corrected chi connectivity index (χ2v) is 8.64. The average Bonchev–Trinajstić information content (AvgIpc) is 3.30. The summed E-state index contributed by atoms with van der Waals surface area (Å²) in [6.45, 7) is 0.872. The number of hydrogen-bond acceptors (Lipinski definition) is 6. The molecule has 1 aliphatic rings. The number of nitrogens with zero attached hydrogens (tertiary/aromatic N) is 4. The second kappa shape index (κ2) is 7.69. The van der Waals surface area contributed by atoms with E-state index in [1.54, 1.807) is 19.5 Å². The zero-order chi connectivity index (χ0) is 19.6. The first-order valence-corrected chi connectivity index (χ1v) is 10.5. The number of methoxy groups -OCH3 is 1. The Kier molecular flexibility index (Phi) is 5.10. The van der Waals surface area contributed by atoms with Crippen LogP contribution in [-0.4, -0.2) is 53.1 Å². The van der Waals surface area contributed by atoms with Crippen molar-refractivity contribution in [3.8, 4) is 17.0 Å². The fourth-order valence-electron chi connectivity index (χ4n) is 3.43. The first-order chi connectivity index (χ1) is 13.6. The predicted octanol–water partition coefficient (Wildman–Crippen LogP) is 2.44. The molecule has 0 saturated carbocycles. The summed E-state index contributed by atoms with van der Waals surface area (Å²) in [5, 5.41) is 6.32. The molecule has 0 spiro atoms. The van der Waals surface area contributed by atoms with E-state index in [4.69, 9.17) is 9.72 Å². The Labute approximate surface area is 163 Å². The van der Waals surface area contributed by atoms with Crippen molar-refractivity contribution in [2.75, 3.05) is 20.2 Å². The van der Waals surface area contributed by atoms with Crippen molar-refractivity contribution in [2.45, 2.75) is 23.7 Å². The van der Waals surface area contributed by atoms with Crippen molar-refractivity contribution in [1.29, 1.82) is 0 Å². The summed E-state index contributed by atoms with van der Waals surface area (Å²) in [6.07, 6.45) is 7.81. The van der Waals surface area contributed by atoms with Crippen molar-refractivity contribution in [2.24, 2.45) is 0 Å². The van der Waals surface area contributed by atoms with Crippen LogP contribution in [0.2, 0.25) is 0 Å². The topological polar surface area (TPSA) is 101 Å². The first kappa shape index (κ1) is 18.6. The number of sulfonamides is 1. The molecule has 3 aromatic rings. The average molecular weight is 399 g/mol. The highest BCUT2D eigenvalue weighted by Gasteiger charge is 2.32. The van der Waals surface area contributed by atoms with Gasteiger partial charge in [0.2, 0.25) is 10.0 Å². The highest BCUT2D eigenvalue weighted by molar-refractivity contribution is 7.89. The van der Waals surface area contributed by atoms with E-state index >= 15 is 0 Å². The van der Waals surface area contributed by atoms with Crippen LogP contribution in [0.3, 0.4) is 0 Å². The lowest BCUT2D eigenvalue weighted by molar-refractivity contribution is 0.312. The van der Waals surface area contributed by atoms with Gasteiger partial charge in [-0.3, -0.25) is 10.1 Å². The number of aromatic amines is 1. The smallest absolute Gasteiger partial charge is 0.246 e. The lowest BCUT2D eigenvalue weighted by atomic mass is 9.96. The zero-order valence-electron chi connectivity index (χ0n) is 15.4. The molecule has 1 saturated heterocycles. The van der Waals surface area contributed by atoms with Crippen LogP contribution in [0.4, 0.5) is 0 Å². The molecule has 2 aromatic heterocycles. The van der Waals surface area contributed by atoms with Crippen LogP contribution in [0.1, 0.15) is 24.5 Å². The number of ether oxygens (including phenoxy) is 1. The van der Waals surface area contributed by atoms with E-state index in [1.807, 2.05) is 24.3 Å². The van der Waals surface area contributed by atoms with Crippen molar-refractivity contribution in [3.63, 3.8) is 0 Å². The summed E-state index contributed by atoms with van der Waals surface area (Å²) in [7, 11) is -1.93. The minimum absolute atomic E-state index is 0.00603. The summed E-state index contributed by atoms with van der Waals surface area (Å²) in [4.78, 5) is 9.29. The molecule has 1 N–H and O–H groups in total. The molecule has 1 aromatic carbocycles. The molecule has 146 valence electrons. The lowest BCUT2D eigenvalue weighted by Gasteiger charge is -2.31. The molecular formula is C19H21N5O3S. The van der Waals surface area contributed by atoms with Crippen LogP contribution in [-0.2, 0) is 10.0 Å². The molecular weight excluding hydrogens is 378 g/mol. The van der Waals surface area contributed by atoms with Crippen LogP contribution in [0.25, 0.3) is 11.3 Å². The van der Waals surface area contributed by atoms with E-state index < -0.39 is 10.0 Å². The van der Waals surface area contributed by atoms with Crippen molar-refractivity contribution >= 4 is 10.0 Å². The van der Waals surface area contributed by atoms with Gasteiger partial charge in [0, 0.05) is 37.0 Å². The van der Waals surface area contributed by atoms with Crippen LogP contribution in [0.15, 0.2) is 53.9 Å². The Morgan fingerprint density at radius 2 is 2.14 bits per heavy atom. The van der Waals surface area contributed by atoms with E-state index in [-0.39, 0.29) is 10.8 Å². The summed E-state index contributed by atoms with van der Waals surface area (Å²) in [6, 6.07) is 7.64. The zero-order valence-corrected chi connectivity index (χ0v) is 16.3. The minimum atomic E-state index is -3.56. The molecule has 0 radical (unpaired) electrons. The van der Waals surface area contributed by atoms with Gasteiger partial charge in [0.15, 0.2) is 0 Å². The molecule has 1 atom stereocenters. The molecule has 0 amide bonds. The molecule has 1 fully saturated rings. The van der Waals surface area contributed by atoms with Crippen LogP contribution in [0.5, 0.6) is 5.75 Å². The van der Waals surface area contributed by atoms with Gasteiger partial charge in [-0.25, -0.2) is 13.4 Å². The SMILES string of the molecule is COc1cccc(-c2cncc([C@H]3CCCN(S(=O)(=O)c4cn[nH]c4)C3)n2)c1. The summed E-state index contributed by atoms with van der Waals surface area (Å²) in [5.74, 6) is 0.744. The van der Waals surface area contributed by atoms with Crippen LogP contribution >= 0.6 is 0 Å². The highest BCUT2D eigenvalue weighted by atomic mass is 32.2. The first-order valence-electron chi connectivity index (χ1n) is 9.03. The standard InChI is InChI=1S/C19H21N5O3S/c1-27-16-6-2-4-14(8-16)18-11-20-12-19(23-18)15-5-3-7-24(13-15)28(25,26)17-9-21-22-10-17/h2,4,6,8-12,15H,3,5,7,13H2,1H3,(H,21,22)/t15-/m0/s1. The van der Waals surface area contributed by atoms with Crippen molar-refractivity contribution < 1.29 is 13.2 Å². The van der Waals surface area contributed by atoms with E-state index in [9.17, 15) is 8.42 Å². The fourth-order valence-corrected chi connectivity index (χ4v) is 4.86. The molecule has 0 unspecified atom stereocenters. The maximum atomic E-state index is 12.8. The maximum Gasteiger partial charge on any atom is 0.246 e. The number of H-pyrrole nitrogens is 1. The molecule has 28 heavy (non-hydrogen) atoms. The number of piperidine rings is 1. The Morgan fingerprint density at radius 1 is 1.25 bits per heavy atom. The maximum absolute atomic E-state index is 12.8. The van der Waals surface area contributed by atoms with Gasteiger partial charge >= 0.3 is 0 Å². The monoisotopic (exact) mass is 399 g/mol. The molecule has 4 rings (SSSR count). The third-order valence-corrected chi connectivity index (χ3v) is 6.76. The van der Waals surface area contributed by atoms with Gasteiger partial charge in [0.05, 0.1) is 30.9 Å². The highest BCUT2D eigenvalue weighted by Crippen LogP contribution is 2.30. The third kappa shape index (κ3) is 3.63. The number of benzene rings is 1. The number of rotatable bonds is 5. The Morgan fingerprint density at radius 3 is 2.93 bits per heavy atom. The molecule has 1 aliphatic heterocycles. The fraction of sp³-hybridized carbons (Fsp3) is 0.316. The molecule has 9 heteroatoms. The van der Waals surface area contributed by atoms with Gasteiger partial charge in [-0.15, -0.1) is 0 Å². The molecule has 8 nitrogen and oxygen atoms in total. The van der Waals surface area contributed by atoms with Gasteiger partial charge < -0.3 is 4.74 Å². The number of aromatic nitrogens is 4. The number of nitrogens with one attached hydrogen (secondary N) is 1. The summed E-state index contributed by atoms with van der Waals surface area (Å²) >= 11 is 0. The van der Waals surface area contributed by atoms with Crippen molar-refractivity contribution in [1.82, 2.24) is 24.5 Å². The van der Waals surface area contributed by atoms with Gasteiger partial charge in [-0.1, -0.05) is 12.1 Å². The van der Waals surface area contributed by atoms with E-state index in [0.717, 1.165) is 35.5 Å². The normalized spacial score (nSPS) is 18.1. The van der Waals surface area contributed by atoms with Gasteiger partial charge in [0.1, 0.15) is 10.6 Å². The van der Waals surface area contributed by atoms with Gasteiger partial charge in [-0.05, 0) is 25.0 Å². The molecule has 0 bridgehead atoms. The lowest BCUT2D eigenvalue weighted by Crippen LogP contribution is -2.39. The summed E-state index contributed by atoms with van der Waals surface area (Å²) in [5.41, 5.74) is 2.45. The minimum Gasteiger partial charge on any atom is -0.497 e. The third-order valence-electron chi connectivity index (χ3n) is 4.93. The molecule has 0 aliphatic carbocycles. The van der Waals surface area contributed by atoms with Gasteiger partial charge in [-0.2, -0.15) is 9.40 Å². The quantitative estimate of drug-likeness (QED) is 0.707. The van der Waals surface area contributed by atoms with Crippen LogP contribution in [0, 0.1) is 0 Å². The van der Waals surface area contributed by atoms with E-state index in [2.05, 4.69) is 15.2 Å². The number of hydrogen-bond donors (Lipinski definition) is 1. The largest absolute Gasteiger partial charge is 0.497 e. The Bertz CT molecular complexity index is 1050. The summed E-state index contributed by atoms with van der Waals surface area (Å²) < 4.78 is 32.4. The Hall–Kier alpha value is -2.78. The van der Waals surface area contributed by atoms with E-state index in [0.29, 0.717) is 13.1 Å². The Balaban J connectivity index is 1.59. The van der Waals surface area contributed by atoms with E-state index in [1.165, 1.54) is 16.7 Å². The van der Waals surface area contributed by atoms with Crippen molar-refractivity contribution in [3.05, 3.63) is 54.7 Å².